The van der Waals surface area contributed by atoms with Crippen molar-refractivity contribution in [3.63, 3.8) is 0 Å². The molecule has 104 valence electrons. The van der Waals surface area contributed by atoms with E-state index >= 15 is 0 Å². The number of hydrogen-bond donors (Lipinski definition) is 1. The van der Waals surface area contributed by atoms with Gasteiger partial charge in [0.05, 0.1) is 0 Å². The molecule has 1 aromatic heterocycles. The summed E-state index contributed by atoms with van der Waals surface area (Å²) in [5, 5.41) is 0. The van der Waals surface area contributed by atoms with Crippen LogP contribution >= 0.6 is 0 Å². The molecule has 2 atom stereocenters. The van der Waals surface area contributed by atoms with Crippen LogP contribution in [0.1, 0.15) is 38.3 Å². The topological polar surface area (TPSA) is 59.2 Å². The monoisotopic (exact) mass is 261 g/mol. The largest absolute Gasteiger partial charge is 0.336 e. The highest BCUT2D eigenvalue weighted by molar-refractivity contribution is 5.77. The van der Waals surface area contributed by atoms with Crippen molar-refractivity contribution in [3.05, 3.63) is 30.1 Å². The van der Waals surface area contributed by atoms with Gasteiger partial charge in [0, 0.05) is 36.9 Å². The first kappa shape index (κ1) is 14.0. The van der Waals surface area contributed by atoms with Crippen LogP contribution in [0.3, 0.4) is 0 Å². The number of pyridine rings is 1. The van der Waals surface area contributed by atoms with E-state index in [-0.39, 0.29) is 11.9 Å². The van der Waals surface area contributed by atoms with E-state index in [2.05, 4.69) is 11.9 Å². The normalized spacial score (nSPS) is 23.4. The van der Waals surface area contributed by atoms with Crippen LogP contribution in [0.25, 0.3) is 0 Å². The Hall–Kier alpha value is -1.42. The molecule has 1 fully saturated rings. The van der Waals surface area contributed by atoms with Gasteiger partial charge < -0.3 is 10.6 Å². The van der Waals surface area contributed by atoms with Crippen molar-refractivity contribution in [2.24, 2.45) is 5.73 Å². The zero-order chi connectivity index (χ0) is 13.7. The molecule has 2 unspecified atom stereocenters. The maximum Gasteiger partial charge on any atom is 0.223 e. The first-order valence-electron chi connectivity index (χ1n) is 7.13. The van der Waals surface area contributed by atoms with Crippen molar-refractivity contribution in [3.8, 4) is 0 Å². The van der Waals surface area contributed by atoms with Crippen LogP contribution in [0.4, 0.5) is 0 Å². The van der Waals surface area contributed by atoms with Gasteiger partial charge in [0.25, 0.3) is 0 Å². The van der Waals surface area contributed by atoms with Crippen LogP contribution in [-0.4, -0.2) is 34.4 Å². The van der Waals surface area contributed by atoms with E-state index < -0.39 is 0 Å². The number of aromatic nitrogens is 1. The van der Waals surface area contributed by atoms with Gasteiger partial charge in [0.2, 0.25) is 5.91 Å². The summed E-state index contributed by atoms with van der Waals surface area (Å²) in [6.45, 7) is 2.69. The summed E-state index contributed by atoms with van der Waals surface area (Å²) in [7, 11) is 0. The molecule has 1 saturated heterocycles. The van der Waals surface area contributed by atoms with E-state index in [1.165, 1.54) is 6.42 Å². The molecule has 0 aromatic carbocycles. The van der Waals surface area contributed by atoms with Gasteiger partial charge in [-0.05, 0) is 44.7 Å². The number of amides is 1. The lowest BCUT2D eigenvalue weighted by Gasteiger charge is -2.40. The Labute approximate surface area is 115 Å². The lowest BCUT2D eigenvalue weighted by Crippen LogP contribution is -2.51. The lowest BCUT2D eigenvalue weighted by molar-refractivity contribution is -0.137. The predicted molar refractivity (Wildman–Crippen MR) is 75.6 cm³/mol. The SMILES string of the molecule is CC1CCCC(CN)N1C(=O)CCc1ccccn1. The van der Waals surface area contributed by atoms with Crippen molar-refractivity contribution < 1.29 is 4.79 Å². The van der Waals surface area contributed by atoms with E-state index in [4.69, 9.17) is 5.73 Å². The van der Waals surface area contributed by atoms with Crippen molar-refractivity contribution in [2.45, 2.75) is 51.1 Å². The molecule has 2 heterocycles. The summed E-state index contributed by atoms with van der Waals surface area (Å²) in [6, 6.07) is 6.35. The number of nitrogens with zero attached hydrogens (tertiary/aromatic N) is 2. The highest BCUT2D eigenvalue weighted by atomic mass is 16.2. The second kappa shape index (κ2) is 6.66. The third-order valence-corrected chi connectivity index (χ3v) is 3.91. The average Bonchev–Trinajstić information content (AvgIpc) is 2.45. The van der Waals surface area contributed by atoms with Crippen molar-refractivity contribution >= 4 is 5.91 Å². The molecular weight excluding hydrogens is 238 g/mol. The van der Waals surface area contributed by atoms with Gasteiger partial charge in [-0.25, -0.2) is 0 Å². The maximum absolute atomic E-state index is 12.4. The highest BCUT2D eigenvalue weighted by Crippen LogP contribution is 2.23. The number of piperidine rings is 1. The van der Waals surface area contributed by atoms with Gasteiger partial charge in [-0.3, -0.25) is 9.78 Å². The minimum atomic E-state index is 0.216. The van der Waals surface area contributed by atoms with Crippen LogP contribution in [0.2, 0.25) is 0 Å². The number of likely N-dealkylation sites (tertiary alicyclic amines) is 1. The first-order chi connectivity index (χ1) is 9.22. The number of carbonyl (C=O) groups excluding carboxylic acids is 1. The maximum atomic E-state index is 12.4. The van der Waals surface area contributed by atoms with Crippen LogP contribution in [0, 0.1) is 0 Å². The van der Waals surface area contributed by atoms with Gasteiger partial charge >= 0.3 is 0 Å². The first-order valence-corrected chi connectivity index (χ1v) is 7.13. The smallest absolute Gasteiger partial charge is 0.223 e. The summed E-state index contributed by atoms with van der Waals surface area (Å²) >= 11 is 0. The third-order valence-electron chi connectivity index (χ3n) is 3.91. The molecule has 0 saturated carbocycles. The third kappa shape index (κ3) is 3.53. The molecule has 1 aliphatic heterocycles. The zero-order valence-electron chi connectivity index (χ0n) is 11.6. The molecule has 0 radical (unpaired) electrons. The standard InChI is InChI=1S/C15H23N3O/c1-12-5-4-7-14(11-16)18(12)15(19)9-8-13-6-2-3-10-17-13/h2-3,6,10,12,14H,4-5,7-9,11,16H2,1H3. The van der Waals surface area contributed by atoms with E-state index in [0.29, 0.717) is 25.4 Å². The van der Waals surface area contributed by atoms with Crippen molar-refractivity contribution in [1.29, 1.82) is 0 Å². The Morgan fingerprint density at radius 2 is 2.32 bits per heavy atom. The molecule has 2 rings (SSSR count). The Morgan fingerprint density at radius 3 is 3.00 bits per heavy atom. The molecule has 0 aliphatic carbocycles. The quantitative estimate of drug-likeness (QED) is 0.898. The molecule has 1 aromatic rings. The number of rotatable bonds is 4. The van der Waals surface area contributed by atoms with Crippen LogP contribution < -0.4 is 5.73 Å². The van der Waals surface area contributed by atoms with Crippen molar-refractivity contribution in [1.82, 2.24) is 9.88 Å². The van der Waals surface area contributed by atoms with E-state index in [1.807, 2.05) is 23.1 Å². The number of hydrogen-bond acceptors (Lipinski definition) is 3. The van der Waals surface area contributed by atoms with E-state index in [9.17, 15) is 4.79 Å². The Balaban J connectivity index is 1.94. The second-order valence-corrected chi connectivity index (χ2v) is 5.29. The number of carbonyl (C=O) groups is 1. The molecular formula is C15H23N3O. The number of nitrogens with two attached hydrogens (primary N) is 1. The zero-order valence-corrected chi connectivity index (χ0v) is 11.6. The summed E-state index contributed by atoms with van der Waals surface area (Å²) in [5.41, 5.74) is 6.77. The molecule has 0 spiro atoms. The van der Waals surface area contributed by atoms with Gasteiger partial charge in [0.1, 0.15) is 0 Å². The van der Waals surface area contributed by atoms with Crippen LogP contribution in [0.5, 0.6) is 0 Å². The highest BCUT2D eigenvalue weighted by Gasteiger charge is 2.30. The molecule has 4 nitrogen and oxygen atoms in total. The van der Waals surface area contributed by atoms with Crippen molar-refractivity contribution in [2.75, 3.05) is 6.54 Å². The minimum Gasteiger partial charge on any atom is -0.336 e. The molecule has 1 amide bonds. The van der Waals surface area contributed by atoms with Gasteiger partial charge in [-0.2, -0.15) is 0 Å². The van der Waals surface area contributed by atoms with Gasteiger partial charge in [-0.1, -0.05) is 6.07 Å². The molecule has 0 bridgehead atoms. The van der Waals surface area contributed by atoms with Gasteiger partial charge in [-0.15, -0.1) is 0 Å². The molecule has 4 heteroatoms. The summed E-state index contributed by atoms with van der Waals surface area (Å²) < 4.78 is 0. The predicted octanol–water partition coefficient (Wildman–Crippen LogP) is 1.74. The lowest BCUT2D eigenvalue weighted by atomic mass is 9.95. The minimum absolute atomic E-state index is 0.216. The second-order valence-electron chi connectivity index (χ2n) is 5.29. The van der Waals surface area contributed by atoms with E-state index in [1.54, 1.807) is 6.20 Å². The Morgan fingerprint density at radius 1 is 1.47 bits per heavy atom. The van der Waals surface area contributed by atoms with Crippen LogP contribution in [0.15, 0.2) is 24.4 Å². The summed E-state index contributed by atoms with van der Waals surface area (Å²) in [6.07, 6.45) is 6.30. The fraction of sp³-hybridized carbons (Fsp3) is 0.600. The average molecular weight is 261 g/mol. The summed E-state index contributed by atoms with van der Waals surface area (Å²) in [4.78, 5) is 18.7. The molecule has 19 heavy (non-hydrogen) atoms. The molecule has 1 aliphatic rings. The number of aryl methyl sites for hydroxylation is 1. The van der Waals surface area contributed by atoms with E-state index in [0.717, 1.165) is 18.5 Å². The Kier molecular flexibility index (Phi) is 4.91. The fourth-order valence-electron chi connectivity index (χ4n) is 2.88. The van der Waals surface area contributed by atoms with Crippen LogP contribution in [-0.2, 0) is 11.2 Å². The Bertz CT molecular complexity index is 407. The summed E-state index contributed by atoms with van der Waals surface area (Å²) in [5.74, 6) is 0.216. The molecule has 2 N–H and O–H groups in total. The fourth-order valence-corrected chi connectivity index (χ4v) is 2.88. The van der Waals surface area contributed by atoms with Gasteiger partial charge in [0.15, 0.2) is 0 Å².